The van der Waals surface area contributed by atoms with Gasteiger partial charge in [-0.3, -0.25) is 9.69 Å². The molecule has 0 aliphatic carbocycles. The second-order valence-electron chi connectivity index (χ2n) is 7.77. The molecular formula is C22H33N5O4. The lowest BCUT2D eigenvalue weighted by Crippen LogP contribution is -2.30. The number of rotatable bonds is 9. The molecule has 31 heavy (non-hydrogen) atoms. The number of nitrogens with one attached hydrogen (secondary N) is 1. The monoisotopic (exact) mass is 431 g/mol. The number of hydrogen-bond acceptors (Lipinski definition) is 7. The van der Waals surface area contributed by atoms with E-state index in [-0.39, 0.29) is 11.9 Å². The van der Waals surface area contributed by atoms with Crippen molar-refractivity contribution < 1.29 is 19.0 Å². The topological polar surface area (TPSA) is 90.7 Å². The average molecular weight is 432 g/mol. The molecule has 1 aliphatic heterocycles. The van der Waals surface area contributed by atoms with Crippen LogP contribution in [0, 0.1) is 6.92 Å². The third kappa shape index (κ3) is 5.34. The molecule has 3 rings (SSSR count). The molecule has 1 atom stereocenters. The van der Waals surface area contributed by atoms with E-state index in [0.29, 0.717) is 13.0 Å². The zero-order valence-electron chi connectivity index (χ0n) is 19.1. The van der Waals surface area contributed by atoms with Crippen LogP contribution >= 0.6 is 0 Å². The van der Waals surface area contributed by atoms with Gasteiger partial charge in [0.2, 0.25) is 5.91 Å². The summed E-state index contributed by atoms with van der Waals surface area (Å²) in [6.07, 6.45) is 1.13. The fraction of sp³-hybridized carbons (Fsp3) is 0.591. The molecule has 1 N–H and O–H groups in total. The molecule has 0 spiro atoms. The summed E-state index contributed by atoms with van der Waals surface area (Å²) in [4.78, 5) is 14.4. The summed E-state index contributed by atoms with van der Waals surface area (Å²) in [5, 5.41) is 11.7. The maximum absolute atomic E-state index is 12.1. The average Bonchev–Trinajstić information content (AvgIpc) is 3.07. The predicted molar refractivity (Wildman–Crippen MR) is 116 cm³/mol. The van der Waals surface area contributed by atoms with E-state index in [4.69, 9.17) is 14.2 Å². The fourth-order valence-electron chi connectivity index (χ4n) is 4.04. The summed E-state index contributed by atoms with van der Waals surface area (Å²) >= 11 is 0. The van der Waals surface area contributed by atoms with E-state index in [2.05, 4.69) is 31.0 Å². The Labute approximate surface area is 183 Å². The molecule has 0 bridgehead atoms. The SMILES string of the molecule is COCCC(=O)N[C@@H](C)c1nnc2n1CCN(Cc1ccc(OC)c(C)c1OC)CC2. The zero-order chi connectivity index (χ0) is 22.4. The Bertz CT molecular complexity index is 898. The molecule has 1 aliphatic rings. The van der Waals surface area contributed by atoms with Crippen molar-refractivity contribution in [2.24, 2.45) is 0 Å². The van der Waals surface area contributed by atoms with E-state index in [0.717, 1.165) is 66.9 Å². The number of ether oxygens (including phenoxy) is 3. The molecule has 0 unspecified atom stereocenters. The third-order valence-corrected chi connectivity index (χ3v) is 5.70. The van der Waals surface area contributed by atoms with E-state index in [1.165, 1.54) is 0 Å². The zero-order valence-corrected chi connectivity index (χ0v) is 19.1. The molecule has 2 heterocycles. The quantitative estimate of drug-likeness (QED) is 0.648. The fourth-order valence-corrected chi connectivity index (χ4v) is 4.04. The summed E-state index contributed by atoms with van der Waals surface area (Å²) in [6, 6.07) is 3.85. The van der Waals surface area contributed by atoms with E-state index < -0.39 is 0 Å². The summed E-state index contributed by atoms with van der Waals surface area (Å²) in [5.74, 6) is 3.39. The Hall–Kier alpha value is -2.65. The van der Waals surface area contributed by atoms with Crippen LogP contribution in [0.15, 0.2) is 12.1 Å². The molecule has 9 heteroatoms. The largest absolute Gasteiger partial charge is 0.496 e. The Morgan fingerprint density at radius 1 is 1.16 bits per heavy atom. The van der Waals surface area contributed by atoms with Gasteiger partial charge in [0, 0.05) is 57.3 Å². The Morgan fingerprint density at radius 3 is 2.68 bits per heavy atom. The molecule has 2 aromatic rings. The van der Waals surface area contributed by atoms with Crippen molar-refractivity contribution in [1.82, 2.24) is 25.0 Å². The Kier molecular flexibility index (Phi) is 7.86. The second kappa shape index (κ2) is 10.6. The van der Waals surface area contributed by atoms with Crippen LogP contribution in [-0.4, -0.2) is 66.6 Å². The summed E-state index contributed by atoms with van der Waals surface area (Å²) < 4.78 is 18.2. The van der Waals surface area contributed by atoms with Gasteiger partial charge in [0.15, 0.2) is 5.82 Å². The lowest BCUT2D eigenvalue weighted by atomic mass is 10.1. The van der Waals surface area contributed by atoms with E-state index in [1.807, 2.05) is 19.9 Å². The van der Waals surface area contributed by atoms with Crippen molar-refractivity contribution >= 4 is 5.91 Å². The standard InChI is InChI=1S/C22H33N5O4/c1-15-18(30-4)7-6-17(21(15)31-5)14-26-10-8-19-24-25-22(27(19)12-11-26)16(2)23-20(28)9-13-29-3/h6-7,16H,8-14H2,1-5H3,(H,23,28)/t16-/m0/s1. The van der Waals surface area contributed by atoms with Gasteiger partial charge in [-0.1, -0.05) is 6.07 Å². The molecule has 0 radical (unpaired) electrons. The number of carbonyl (C=O) groups is 1. The first kappa shape index (κ1) is 23.0. The van der Waals surface area contributed by atoms with Crippen molar-refractivity contribution in [1.29, 1.82) is 0 Å². The van der Waals surface area contributed by atoms with Gasteiger partial charge in [0.05, 0.1) is 26.9 Å². The Morgan fingerprint density at radius 2 is 1.97 bits per heavy atom. The summed E-state index contributed by atoms with van der Waals surface area (Å²) in [6.45, 7) is 7.64. The number of amides is 1. The minimum absolute atomic E-state index is 0.0519. The normalized spacial score (nSPS) is 15.1. The van der Waals surface area contributed by atoms with Crippen molar-refractivity contribution in [3.05, 3.63) is 34.9 Å². The number of aromatic nitrogens is 3. The van der Waals surface area contributed by atoms with Crippen LogP contribution in [0.3, 0.4) is 0 Å². The van der Waals surface area contributed by atoms with Gasteiger partial charge >= 0.3 is 0 Å². The minimum atomic E-state index is -0.207. The predicted octanol–water partition coefficient (Wildman–Crippen LogP) is 1.88. The highest BCUT2D eigenvalue weighted by atomic mass is 16.5. The van der Waals surface area contributed by atoms with Crippen molar-refractivity contribution in [3.63, 3.8) is 0 Å². The van der Waals surface area contributed by atoms with E-state index >= 15 is 0 Å². The van der Waals surface area contributed by atoms with Gasteiger partial charge in [-0.25, -0.2) is 0 Å². The van der Waals surface area contributed by atoms with Crippen LogP contribution in [0.1, 0.15) is 42.2 Å². The lowest BCUT2D eigenvalue weighted by Gasteiger charge is -2.22. The molecular weight excluding hydrogens is 398 g/mol. The van der Waals surface area contributed by atoms with Gasteiger partial charge in [-0.15, -0.1) is 10.2 Å². The molecule has 1 aromatic carbocycles. The molecule has 9 nitrogen and oxygen atoms in total. The van der Waals surface area contributed by atoms with Gasteiger partial charge in [0.25, 0.3) is 0 Å². The van der Waals surface area contributed by atoms with Crippen molar-refractivity contribution in [2.45, 2.75) is 45.8 Å². The van der Waals surface area contributed by atoms with Crippen LogP contribution < -0.4 is 14.8 Å². The third-order valence-electron chi connectivity index (χ3n) is 5.70. The van der Waals surface area contributed by atoms with Gasteiger partial charge in [0.1, 0.15) is 17.3 Å². The molecule has 170 valence electrons. The molecule has 0 saturated carbocycles. The maximum atomic E-state index is 12.1. The molecule has 0 saturated heterocycles. The van der Waals surface area contributed by atoms with Gasteiger partial charge in [-0.05, 0) is 19.9 Å². The number of nitrogens with zero attached hydrogens (tertiary/aromatic N) is 4. The number of methoxy groups -OCH3 is 3. The smallest absolute Gasteiger partial charge is 0.222 e. The number of carbonyl (C=O) groups excluding carboxylic acids is 1. The first-order valence-corrected chi connectivity index (χ1v) is 10.6. The number of fused-ring (bicyclic) bond motifs is 1. The molecule has 1 aromatic heterocycles. The van der Waals surface area contributed by atoms with E-state index in [9.17, 15) is 4.79 Å². The first-order chi connectivity index (χ1) is 15.0. The van der Waals surface area contributed by atoms with Gasteiger partial charge in [-0.2, -0.15) is 0 Å². The van der Waals surface area contributed by atoms with Crippen LogP contribution in [0.5, 0.6) is 11.5 Å². The van der Waals surface area contributed by atoms with Crippen LogP contribution in [0.2, 0.25) is 0 Å². The highest BCUT2D eigenvalue weighted by Gasteiger charge is 2.23. The number of benzene rings is 1. The lowest BCUT2D eigenvalue weighted by molar-refractivity contribution is -0.122. The summed E-state index contributed by atoms with van der Waals surface area (Å²) in [7, 11) is 4.96. The van der Waals surface area contributed by atoms with Crippen LogP contribution in [0.25, 0.3) is 0 Å². The van der Waals surface area contributed by atoms with Crippen LogP contribution in [-0.2, 0) is 29.0 Å². The van der Waals surface area contributed by atoms with E-state index in [1.54, 1.807) is 21.3 Å². The second-order valence-corrected chi connectivity index (χ2v) is 7.77. The number of hydrogen-bond donors (Lipinski definition) is 1. The molecule has 0 fully saturated rings. The molecule has 1 amide bonds. The highest BCUT2D eigenvalue weighted by Crippen LogP contribution is 2.32. The first-order valence-electron chi connectivity index (χ1n) is 10.6. The Balaban J connectivity index is 1.67. The maximum Gasteiger partial charge on any atom is 0.222 e. The van der Waals surface area contributed by atoms with Crippen LogP contribution in [0.4, 0.5) is 0 Å². The van der Waals surface area contributed by atoms with Crippen molar-refractivity contribution in [2.75, 3.05) is 41.0 Å². The highest BCUT2D eigenvalue weighted by molar-refractivity contribution is 5.76. The van der Waals surface area contributed by atoms with Gasteiger partial charge < -0.3 is 24.1 Å². The minimum Gasteiger partial charge on any atom is -0.496 e. The summed E-state index contributed by atoms with van der Waals surface area (Å²) in [5.41, 5.74) is 2.15. The van der Waals surface area contributed by atoms with Crippen molar-refractivity contribution in [3.8, 4) is 11.5 Å².